The van der Waals surface area contributed by atoms with E-state index in [2.05, 4.69) is 25.8 Å². The quantitative estimate of drug-likeness (QED) is 0.657. The lowest BCUT2D eigenvalue weighted by Crippen LogP contribution is -2.11. The summed E-state index contributed by atoms with van der Waals surface area (Å²) in [7, 11) is 1.40. The summed E-state index contributed by atoms with van der Waals surface area (Å²) in [5.41, 5.74) is 1.48. The zero-order valence-corrected chi connectivity index (χ0v) is 14.2. The number of methoxy groups -OCH3 is 1. The first-order valence-electron chi connectivity index (χ1n) is 7.53. The van der Waals surface area contributed by atoms with Gasteiger partial charge < -0.3 is 14.6 Å². The highest BCUT2D eigenvalue weighted by Gasteiger charge is 2.18. The van der Waals surface area contributed by atoms with E-state index in [1.165, 1.54) is 13.4 Å². The van der Waals surface area contributed by atoms with Gasteiger partial charge in [0.25, 0.3) is 0 Å². The van der Waals surface area contributed by atoms with Crippen LogP contribution in [0.25, 0.3) is 5.57 Å². The summed E-state index contributed by atoms with van der Waals surface area (Å²) in [6, 6.07) is 10.7. The van der Waals surface area contributed by atoms with E-state index in [4.69, 9.17) is 9.47 Å². The van der Waals surface area contributed by atoms with Gasteiger partial charge in [-0.3, -0.25) is 0 Å². The number of aromatic nitrogens is 1. The molecule has 0 radical (unpaired) electrons. The van der Waals surface area contributed by atoms with Crippen molar-refractivity contribution in [2.45, 2.75) is 26.2 Å². The van der Waals surface area contributed by atoms with Gasteiger partial charge in [0, 0.05) is 17.8 Å². The average molecular weight is 327 g/mol. The van der Waals surface area contributed by atoms with E-state index in [-0.39, 0.29) is 11.0 Å². The number of carboxylic acids is 1. The van der Waals surface area contributed by atoms with E-state index in [1.807, 2.05) is 12.1 Å². The molecule has 1 aromatic heterocycles. The standard InChI is InChI=1S/C19H21NO4/c1-19(2,3)13-9-10-20-17(11-13)24-16-8-6-5-7-14(16)15(12-23-4)18(21)22/h5-12H,1-4H3,(H,21,22)/b15-12-. The maximum atomic E-state index is 11.5. The normalized spacial score (nSPS) is 11.9. The third-order valence-corrected chi connectivity index (χ3v) is 3.46. The van der Waals surface area contributed by atoms with Crippen LogP contribution in [0, 0.1) is 0 Å². The summed E-state index contributed by atoms with van der Waals surface area (Å²) in [5.74, 6) is -0.275. The summed E-state index contributed by atoms with van der Waals surface area (Å²) in [5, 5.41) is 9.38. The van der Waals surface area contributed by atoms with E-state index in [1.54, 1.807) is 30.5 Å². The highest BCUT2D eigenvalue weighted by atomic mass is 16.5. The second kappa shape index (κ2) is 7.17. The second-order valence-electron chi connectivity index (χ2n) is 6.30. The number of rotatable bonds is 5. The highest BCUT2D eigenvalue weighted by molar-refractivity contribution is 6.15. The Balaban J connectivity index is 2.42. The lowest BCUT2D eigenvalue weighted by atomic mass is 9.88. The molecular formula is C19H21NO4. The zero-order chi connectivity index (χ0) is 17.7. The predicted octanol–water partition coefficient (Wildman–Crippen LogP) is 4.24. The molecule has 2 rings (SSSR count). The first-order chi connectivity index (χ1) is 11.3. The van der Waals surface area contributed by atoms with Gasteiger partial charge in [-0.05, 0) is 23.1 Å². The molecule has 0 aliphatic heterocycles. The molecule has 0 spiro atoms. The van der Waals surface area contributed by atoms with E-state index in [0.29, 0.717) is 17.2 Å². The molecule has 126 valence electrons. The molecule has 0 atom stereocenters. The Hall–Kier alpha value is -2.82. The van der Waals surface area contributed by atoms with Crippen LogP contribution in [0.5, 0.6) is 11.6 Å². The van der Waals surface area contributed by atoms with Crippen molar-refractivity contribution in [1.82, 2.24) is 4.98 Å². The van der Waals surface area contributed by atoms with Gasteiger partial charge in [0.1, 0.15) is 11.3 Å². The van der Waals surface area contributed by atoms with Crippen LogP contribution in [0.2, 0.25) is 0 Å². The molecule has 5 nitrogen and oxygen atoms in total. The number of para-hydroxylation sites is 1. The average Bonchev–Trinajstić information content (AvgIpc) is 2.53. The number of nitrogens with zero attached hydrogens (tertiary/aromatic N) is 1. The van der Waals surface area contributed by atoms with Crippen molar-refractivity contribution < 1.29 is 19.4 Å². The molecule has 0 saturated heterocycles. The first-order valence-corrected chi connectivity index (χ1v) is 7.53. The van der Waals surface area contributed by atoms with Crippen LogP contribution < -0.4 is 4.74 Å². The smallest absolute Gasteiger partial charge is 0.339 e. The summed E-state index contributed by atoms with van der Waals surface area (Å²) in [6.07, 6.45) is 2.87. The Bertz CT molecular complexity index is 760. The molecule has 1 aromatic carbocycles. The minimum Gasteiger partial charge on any atom is -0.503 e. The summed E-state index contributed by atoms with van der Waals surface area (Å²) >= 11 is 0. The molecular weight excluding hydrogens is 306 g/mol. The Morgan fingerprint density at radius 2 is 1.92 bits per heavy atom. The maximum absolute atomic E-state index is 11.5. The fraction of sp³-hybridized carbons (Fsp3) is 0.263. The van der Waals surface area contributed by atoms with Crippen LogP contribution in [-0.4, -0.2) is 23.2 Å². The molecule has 0 amide bonds. The highest BCUT2D eigenvalue weighted by Crippen LogP contribution is 2.31. The van der Waals surface area contributed by atoms with Crippen molar-refractivity contribution in [3.05, 3.63) is 60.0 Å². The van der Waals surface area contributed by atoms with Gasteiger partial charge >= 0.3 is 5.97 Å². The SMILES string of the molecule is CO/C=C(\C(=O)O)c1ccccc1Oc1cc(C(C)(C)C)ccn1. The lowest BCUT2D eigenvalue weighted by molar-refractivity contribution is -0.130. The number of pyridine rings is 1. The Morgan fingerprint density at radius 1 is 1.21 bits per heavy atom. The largest absolute Gasteiger partial charge is 0.503 e. The molecule has 2 aromatic rings. The minimum absolute atomic E-state index is 0.0140. The van der Waals surface area contributed by atoms with E-state index >= 15 is 0 Å². The molecule has 0 saturated carbocycles. The Labute approximate surface area is 141 Å². The number of carboxylic acid groups (broad SMARTS) is 1. The summed E-state index contributed by atoms with van der Waals surface area (Å²) < 4.78 is 10.7. The molecule has 0 aliphatic rings. The van der Waals surface area contributed by atoms with Crippen molar-refractivity contribution in [3.63, 3.8) is 0 Å². The molecule has 5 heteroatoms. The van der Waals surface area contributed by atoms with Gasteiger partial charge in [0.15, 0.2) is 0 Å². The maximum Gasteiger partial charge on any atom is 0.339 e. The number of ether oxygens (including phenoxy) is 2. The van der Waals surface area contributed by atoms with Crippen LogP contribution in [0.3, 0.4) is 0 Å². The summed E-state index contributed by atoms with van der Waals surface area (Å²) in [4.78, 5) is 15.7. The van der Waals surface area contributed by atoms with Crippen LogP contribution in [0.1, 0.15) is 31.9 Å². The Morgan fingerprint density at radius 3 is 2.54 bits per heavy atom. The van der Waals surface area contributed by atoms with Crippen molar-refractivity contribution >= 4 is 11.5 Å². The Kier molecular flexibility index (Phi) is 5.24. The molecule has 1 heterocycles. The van der Waals surface area contributed by atoms with Gasteiger partial charge in [-0.2, -0.15) is 0 Å². The summed E-state index contributed by atoms with van der Waals surface area (Å²) in [6.45, 7) is 6.30. The molecule has 0 aliphatic carbocycles. The van der Waals surface area contributed by atoms with Crippen LogP contribution >= 0.6 is 0 Å². The molecule has 1 N–H and O–H groups in total. The van der Waals surface area contributed by atoms with Crippen molar-refractivity contribution in [1.29, 1.82) is 0 Å². The number of benzene rings is 1. The topological polar surface area (TPSA) is 68.7 Å². The number of hydrogen-bond donors (Lipinski definition) is 1. The molecule has 0 unspecified atom stereocenters. The van der Waals surface area contributed by atoms with Crippen LogP contribution in [0.4, 0.5) is 0 Å². The van der Waals surface area contributed by atoms with Gasteiger partial charge in [-0.25, -0.2) is 9.78 Å². The minimum atomic E-state index is -1.09. The van der Waals surface area contributed by atoms with E-state index in [9.17, 15) is 9.90 Å². The van der Waals surface area contributed by atoms with Gasteiger partial charge in [-0.15, -0.1) is 0 Å². The third kappa shape index (κ3) is 4.13. The van der Waals surface area contributed by atoms with E-state index < -0.39 is 5.97 Å². The zero-order valence-electron chi connectivity index (χ0n) is 14.2. The fourth-order valence-corrected chi connectivity index (χ4v) is 2.17. The van der Waals surface area contributed by atoms with Gasteiger partial charge in [0.2, 0.25) is 5.88 Å². The van der Waals surface area contributed by atoms with Crippen molar-refractivity contribution in [2.75, 3.05) is 7.11 Å². The van der Waals surface area contributed by atoms with Crippen molar-refractivity contribution in [2.24, 2.45) is 0 Å². The van der Waals surface area contributed by atoms with E-state index in [0.717, 1.165) is 5.56 Å². The molecule has 0 fully saturated rings. The number of aliphatic carboxylic acids is 1. The van der Waals surface area contributed by atoms with Crippen LogP contribution in [-0.2, 0) is 14.9 Å². The first kappa shape index (κ1) is 17.5. The van der Waals surface area contributed by atoms with Gasteiger partial charge in [0.05, 0.1) is 13.4 Å². The van der Waals surface area contributed by atoms with Crippen molar-refractivity contribution in [3.8, 4) is 11.6 Å². The monoisotopic (exact) mass is 327 g/mol. The van der Waals surface area contributed by atoms with Crippen LogP contribution in [0.15, 0.2) is 48.9 Å². The predicted molar refractivity (Wildman–Crippen MR) is 92.1 cm³/mol. The number of carbonyl (C=O) groups is 1. The fourth-order valence-electron chi connectivity index (χ4n) is 2.17. The third-order valence-electron chi connectivity index (χ3n) is 3.46. The van der Waals surface area contributed by atoms with Gasteiger partial charge in [-0.1, -0.05) is 39.0 Å². The molecule has 0 bridgehead atoms. The number of hydrogen-bond acceptors (Lipinski definition) is 4. The lowest BCUT2D eigenvalue weighted by Gasteiger charge is -2.19. The second-order valence-corrected chi connectivity index (χ2v) is 6.30. The molecule has 24 heavy (non-hydrogen) atoms.